The number of benzene rings is 2. The number of fused-ring (bicyclic) bond motifs is 4. The molecule has 1 aliphatic heterocycles. The van der Waals surface area contributed by atoms with Gasteiger partial charge < -0.3 is 46.7 Å². The molecule has 0 spiro atoms. The summed E-state index contributed by atoms with van der Waals surface area (Å²) >= 11 is 0. The highest BCUT2D eigenvalue weighted by molar-refractivity contribution is 5.95. The van der Waals surface area contributed by atoms with Gasteiger partial charge in [0.1, 0.15) is 17.6 Å². The number of amides is 5. The predicted molar refractivity (Wildman–Crippen MR) is 225 cm³/mol. The lowest BCUT2D eigenvalue weighted by atomic mass is 9.81. The van der Waals surface area contributed by atoms with Crippen molar-refractivity contribution >= 4 is 46.2 Å². The van der Waals surface area contributed by atoms with E-state index in [1.807, 2.05) is 6.07 Å². The van der Waals surface area contributed by atoms with Crippen LogP contribution in [0.2, 0.25) is 0 Å². The van der Waals surface area contributed by atoms with Gasteiger partial charge in [-0.15, -0.1) is 0 Å². The molecule has 0 saturated heterocycles. The number of methoxy groups -OCH3 is 1. The van der Waals surface area contributed by atoms with E-state index in [0.717, 1.165) is 24.0 Å². The average molecular weight is 839 g/mol. The van der Waals surface area contributed by atoms with E-state index in [-0.39, 0.29) is 43.2 Å². The molecule has 6 rings (SSSR count). The zero-order valence-corrected chi connectivity index (χ0v) is 34.3. The minimum absolute atomic E-state index is 0.0824. The van der Waals surface area contributed by atoms with Crippen molar-refractivity contribution in [2.75, 3.05) is 33.3 Å². The number of aryl methyl sites for hydroxylation is 1. The molecule has 0 fully saturated rings. The number of nitrogens with one attached hydrogen (secondary N) is 5. The molecule has 5 amide bonds. The van der Waals surface area contributed by atoms with Crippen LogP contribution < -0.4 is 37.9 Å². The zero-order chi connectivity index (χ0) is 43.8. The fourth-order valence-electron chi connectivity index (χ4n) is 7.96. The van der Waals surface area contributed by atoms with Crippen molar-refractivity contribution in [2.24, 2.45) is 5.73 Å². The van der Waals surface area contributed by atoms with Crippen LogP contribution in [0, 0.1) is 12.7 Å². The van der Waals surface area contributed by atoms with Crippen LogP contribution in [0.15, 0.2) is 53.8 Å². The summed E-state index contributed by atoms with van der Waals surface area (Å²) in [5, 5.41) is 24.1. The van der Waals surface area contributed by atoms with Crippen LogP contribution in [0.25, 0.3) is 28.0 Å². The summed E-state index contributed by atoms with van der Waals surface area (Å²) in [5.74, 6) is -2.96. The van der Waals surface area contributed by atoms with Gasteiger partial charge in [-0.2, -0.15) is 0 Å². The van der Waals surface area contributed by atoms with Gasteiger partial charge in [0.2, 0.25) is 29.5 Å². The lowest BCUT2D eigenvalue weighted by Gasteiger charge is -2.30. The molecule has 1 aliphatic carbocycles. The van der Waals surface area contributed by atoms with E-state index < -0.39 is 66.8 Å². The summed E-state index contributed by atoms with van der Waals surface area (Å²) in [6.07, 6.45) is 3.40. The Hall–Kier alpha value is -6.46. The van der Waals surface area contributed by atoms with Gasteiger partial charge >= 0.3 is 0 Å². The molecule has 0 unspecified atom stereocenters. The first-order chi connectivity index (χ1) is 29.3. The highest BCUT2D eigenvalue weighted by Crippen LogP contribution is 2.45. The lowest BCUT2D eigenvalue weighted by Crippen LogP contribution is -2.52. The molecule has 2 aromatic heterocycles. The first kappa shape index (κ1) is 44.1. The van der Waals surface area contributed by atoms with Crippen LogP contribution in [-0.2, 0) is 54.7 Å². The first-order valence-corrected chi connectivity index (χ1v) is 20.2. The number of halogens is 1. The normalized spacial score (nSPS) is 14.0. The summed E-state index contributed by atoms with van der Waals surface area (Å²) in [6, 6.07) is 10.2. The Bertz CT molecular complexity index is 2440. The third-order valence-corrected chi connectivity index (χ3v) is 11.1. The largest absolute Gasteiger partial charge is 0.497 e. The number of pyridine rings is 2. The van der Waals surface area contributed by atoms with E-state index in [0.29, 0.717) is 70.4 Å². The van der Waals surface area contributed by atoms with Crippen molar-refractivity contribution in [1.29, 1.82) is 0 Å². The van der Waals surface area contributed by atoms with Gasteiger partial charge in [0.25, 0.3) is 5.56 Å². The van der Waals surface area contributed by atoms with Gasteiger partial charge in [-0.25, -0.2) is 9.37 Å². The van der Waals surface area contributed by atoms with Gasteiger partial charge in [0.15, 0.2) is 0 Å². The molecule has 4 aromatic rings. The van der Waals surface area contributed by atoms with Crippen LogP contribution in [-0.4, -0.2) is 83.5 Å². The third kappa shape index (κ3) is 9.95. The Labute approximate surface area is 351 Å². The van der Waals surface area contributed by atoms with E-state index in [2.05, 4.69) is 33.2 Å². The molecule has 0 saturated carbocycles. The molecular formula is C44H51FN8O8. The molecule has 16 nitrogen and oxygen atoms in total. The van der Waals surface area contributed by atoms with Gasteiger partial charge in [-0.05, 0) is 67.5 Å². The lowest BCUT2D eigenvalue weighted by molar-refractivity contribution is -0.131. The second-order valence-corrected chi connectivity index (χ2v) is 15.1. The Morgan fingerprint density at radius 3 is 2.43 bits per heavy atom. The van der Waals surface area contributed by atoms with Crippen LogP contribution in [0.3, 0.4) is 0 Å². The molecule has 2 atom stereocenters. The molecule has 2 aliphatic rings. The number of nitrogens with two attached hydrogens (primary N) is 1. The van der Waals surface area contributed by atoms with Crippen molar-refractivity contribution in [3.05, 3.63) is 104 Å². The van der Waals surface area contributed by atoms with Crippen LogP contribution in [0.4, 0.5) is 4.39 Å². The smallest absolute Gasteiger partial charge is 0.257 e. The van der Waals surface area contributed by atoms with E-state index in [1.165, 1.54) is 17.7 Å². The Morgan fingerprint density at radius 2 is 1.70 bits per heavy atom. The number of hydrogen-bond donors (Lipinski definition) is 7. The number of carbonyl (C=O) groups excluding carboxylic acids is 5. The number of ether oxygens (including phenoxy) is 1. The second kappa shape index (κ2) is 19.7. The predicted octanol–water partition coefficient (Wildman–Crippen LogP) is 1.68. The Kier molecular flexibility index (Phi) is 14.3. The topological polar surface area (TPSA) is 236 Å². The summed E-state index contributed by atoms with van der Waals surface area (Å²) in [5.41, 5.74) is 9.92. The van der Waals surface area contributed by atoms with Crippen LogP contribution in [0.1, 0.15) is 77.1 Å². The second-order valence-electron chi connectivity index (χ2n) is 15.1. The van der Waals surface area contributed by atoms with Gasteiger partial charge in [0, 0.05) is 35.4 Å². The molecule has 2 aromatic carbocycles. The molecule has 0 radical (unpaired) electrons. The maximum absolute atomic E-state index is 15.3. The number of aromatic nitrogens is 2. The van der Waals surface area contributed by atoms with Gasteiger partial charge in [-0.1, -0.05) is 43.3 Å². The standard InChI is InChI=1S/C44H51FN8O8/c1-24-27-13-14-32(41-29-22-53-35(42(29)52-33(40(27)41)18-31(24)45)17-28(25(2)61-3)30(23-54)44(53)60)50-39(58)21-49-43(59)34(16-26-10-6-4-7-11-26)51-38(57)20-48-37(56)19-47-36(55)12-8-5-9-15-46/h4,6-7,10-11,17-18,32,34,54H,2,5,8-9,12-16,19-23,46H2,1,3H3,(H,47,55)(H,48,56)(H,49,59)(H,50,58)(H,51,57)/t32-,34-/m0/s1. The maximum Gasteiger partial charge on any atom is 0.257 e. The molecule has 61 heavy (non-hydrogen) atoms. The van der Waals surface area contributed by atoms with Crippen molar-refractivity contribution in [1.82, 2.24) is 36.1 Å². The summed E-state index contributed by atoms with van der Waals surface area (Å²) in [7, 11) is 1.40. The average Bonchev–Trinajstić information content (AvgIpc) is 3.63. The molecule has 0 bridgehead atoms. The Balaban J connectivity index is 1.16. The number of unbranched alkanes of at least 4 members (excludes halogenated alkanes) is 2. The molecule has 3 heterocycles. The highest BCUT2D eigenvalue weighted by atomic mass is 19.1. The molecule has 8 N–H and O–H groups in total. The third-order valence-electron chi connectivity index (χ3n) is 11.1. The molecular weight excluding hydrogens is 788 g/mol. The number of rotatable bonds is 19. The van der Waals surface area contributed by atoms with Gasteiger partial charge in [0.05, 0.1) is 68.4 Å². The number of aliphatic hydroxyl groups is 1. The van der Waals surface area contributed by atoms with Crippen LogP contribution >= 0.6 is 0 Å². The summed E-state index contributed by atoms with van der Waals surface area (Å²) in [6.45, 7) is 4.41. The van der Waals surface area contributed by atoms with Crippen molar-refractivity contribution in [3.8, 4) is 11.4 Å². The fourth-order valence-corrected chi connectivity index (χ4v) is 7.96. The molecule has 322 valence electrons. The number of hydrogen-bond acceptors (Lipinski definition) is 10. The number of carbonyl (C=O) groups is 5. The SMILES string of the molecule is C=C(OC)c1cc2n(c(=O)c1CO)Cc1c-2nc2cc(F)c(C)c3c2c1[C@@H](NC(=O)CNC(=O)[C@H](Cc1ccccc1)NC(=O)CNC(=O)CNC(=O)CCCCCN)CC3. The fraction of sp³-hybridized carbons (Fsp3) is 0.386. The minimum Gasteiger partial charge on any atom is -0.497 e. The maximum atomic E-state index is 15.3. The van der Waals surface area contributed by atoms with Crippen molar-refractivity contribution in [3.63, 3.8) is 0 Å². The van der Waals surface area contributed by atoms with Crippen molar-refractivity contribution < 1.29 is 38.2 Å². The first-order valence-electron chi connectivity index (χ1n) is 20.2. The monoisotopic (exact) mass is 838 g/mol. The Morgan fingerprint density at radius 1 is 0.984 bits per heavy atom. The van der Waals surface area contributed by atoms with E-state index >= 15 is 4.39 Å². The summed E-state index contributed by atoms with van der Waals surface area (Å²) in [4.78, 5) is 83.2. The summed E-state index contributed by atoms with van der Waals surface area (Å²) < 4.78 is 22.1. The quantitative estimate of drug-likeness (QED) is 0.0470. The van der Waals surface area contributed by atoms with Crippen molar-refractivity contribution in [2.45, 2.75) is 77.1 Å². The number of nitrogens with zero attached hydrogens (tertiary/aromatic N) is 2. The zero-order valence-electron chi connectivity index (χ0n) is 34.3. The van der Waals surface area contributed by atoms with Gasteiger partial charge in [-0.3, -0.25) is 28.8 Å². The highest BCUT2D eigenvalue weighted by Gasteiger charge is 2.35. The van der Waals surface area contributed by atoms with E-state index in [1.54, 1.807) is 37.3 Å². The number of aliphatic hydroxyl groups excluding tert-OH is 1. The van der Waals surface area contributed by atoms with E-state index in [4.69, 9.17) is 15.5 Å². The van der Waals surface area contributed by atoms with E-state index in [9.17, 15) is 33.9 Å². The molecule has 17 heteroatoms. The minimum atomic E-state index is -1.12. The van der Waals surface area contributed by atoms with Crippen LogP contribution in [0.5, 0.6) is 0 Å².